The topological polar surface area (TPSA) is 106 Å². The molecule has 3 aromatic rings. The standard InChI is InChI=1S/C24H16Cl2N2O6S/c1-33-23(31)17-9-13(5-7-18(17)26)19-8-6-16(34-19)11-20-22(30)28(24(32)35-20)12-21(29)27-15-4-2-3-14(25)10-15/h2-11H,12H2,1H3,(H,27,29)/b20-11+. The van der Waals surface area contributed by atoms with Crippen molar-refractivity contribution in [2.45, 2.75) is 0 Å². The van der Waals surface area contributed by atoms with Crippen molar-refractivity contribution in [1.29, 1.82) is 0 Å². The Morgan fingerprint density at radius 3 is 2.66 bits per heavy atom. The summed E-state index contributed by atoms with van der Waals surface area (Å²) >= 11 is 12.7. The molecule has 1 N–H and O–H groups in total. The summed E-state index contributed by atoms with van der Waals surface area (Å²) in [6.45, 7) is -0.445. The van der Waals surface area contributed by atoms with Gasteiger partial charge in [0.15, 0.2) is 0 Å². The van der Waals surface area contributed by atoms with E-state index in [0.717, 1.165) is 4.90 Å². The van der Waals surface area contributed by atoms with Crippen LogP contribution >= 0.6 is 35.0 Å². The first kappa shape index (κ1) is 24.6. The highest BCUT2D eigenvalue weighted by Gasteiger charge is 2.36. The van der Waals surface area contributed by atoms with Gasteiger partial charge in [0.1, 0.15) is 18.1 Å². The highest BCUT2D eigenvalue weighted by molar-refractivity contribution is 8.18. The van der Waals surface area contributed by atoms with Gasteiger partial charge >= 0.3 is 5.97 Å². The van der Waals surface area contributed by atoms with Crippen molar-refractivity contribution in [3.8, 4) is 11.3 Å². The van der Waals surface area contributed by atoms with Gasteiger partial charge in [0.25, 0.3) is 11.1 Å². The summed E-state index contributed by atoms with van der Waals surface area (Å²) in [7, 11) is 1.25. The fourth-order valence-corrected chi connectivity index (χ4v) is 4.41. The number of benzene rings is 2. The number of nitrogens with one attached hydrogen (secondary N) is 1. The number of carbonyl (C=O) groups excluding carboxylic acids is 4. The Balaban J connectivity index is 1.47. The minimum Gasteiger partial charge on any atom is -0.465 e. The van der Waals surface area contributed by atoms with Crippen LogP contribution in [0.25, 0.3) is 17.4 Å². The zero-order chi connectivity index (χ0) is 25.1. The fraction of sp³-hybridized carbons (Fsp3) is 0.0833. The third-order valence-electron chi connectivity index (χ3n) is 4.84. The number of nitrogens with zero attached hydrogens (tertiary/aromatic N) is 1. The SMILES string of the molecule is COC(=O)c1cc(-c2ccc(/C=C3/SC(=O)N(CC(=O)Nc4cccc(Cl)c4)C3=O)o2)ccc1Cl. The van der Waals surface area contributed by atoms with Gasteiger partial charge in [-0.3, -0.25) is 19.3 Å². The third kappa shape index (κ3) is 5.59. The van der Waals surface area contributed by atoms with E-state index in [1.807, 2.05) is 0 Å². The monoisotopic (exact) mass is 530 g/mol. The maximum Gasteiger partial charge on any atom is 0.339 e. The Hall–Kier alpha value is -3.53. The van der Waals surface area contributed by atoms with Gasteiger partial charge < -0.3 is 14.5 Å². The fourth-order valence-electron chi connectivity index (χ4n) is 3.21. The summed E-state index contributed by atoms with van der Waals surface area (Å²) in [5.41, 5.74) is 1.20. The summed E-state index contributed by atoms with van der Waals surface area (Å²) < 4.78 is 10.5. The van der Waals surface area contributed by atoms with E-state index in [2.05, 4.69) is 5.32 Å². The number of carbonyl (C=O) groups is 4. The van der Waals surface area contributed by atoms with Crippen molar-refractivity contribution in [2.24, 2.45) is 0 Å². The summed E-state index contributed by atoms with van der Waals surface area (Å²) in [5.74, 6) is -1.02. The minimum atomic E-state index is -0.612. The summed E-state index contributed by atoms with van der Waals surface area (Å²) in [6, 6.07) is 14.5. The quantitative estimate of drug-likeness (QED) is 0.321. The molecule has 0 aliphatic carbocycles. The van der Waals surface area contributed by atoms with E-state index < -0.39 is 29.6 Å². The second-order valence-electron chi connectivity index (χ2n) is 7.21. The number of hydrogen-bond donors (Lipinski definition) is 1. The molecule has 1 saturated heterocycles. The molecule has 11 heteroatoms. The number of hydrogen-bond acceptors (Lipinski definition) is 7. The first-order valence-corrected chi connectivity index (χ1v) is 11.6. The molecular formula is C24H16Cl2N2O6S. The van der Waals surface area contributed by atoms with Crippen LogP contribution in [0, 0.1) is 0 Å². The number of thioether (sulfide) groups is 1. The molecular weight excluding hydrogens is 515 g/mol. The lowest BCUT2D eigenvalue weighted by atomic mass is 10.1. The van der Waals surface area contributed by atoms with Crippen molar-refractivity contribution in [2.75, 3.05) is 19.0 Å². The van der Waals surface area contributed by atoms with E-state index in [1.165, 1.54) is 19.3 Å². The maximum absolute atomic E-state index is 12.7. The molecule has 1 aromatic heterocycles. The van der Waals surface area contributed by atoms with Gasteiger partial charge in [0, 0.05) is 22.3 Å². The number of rotatable bonds is 6. The Morgan fingerprint density at radius 2 is 1.91 bits per heavy atom. The first-order chi connectivity index (χ1) is 16.7. The predicted molar refractivity (Wildman–Crippen MR) is 133 cm³/mol. The average Bonchev–Trinajstić information content (AvgIpc) is 3.39. The van der Waals surface area contributed by atoms with Crippen molar-refractivity contribution in [1.82, 2.24) is 4.90 Å². The second kappa shape index (κ2) is 10.4. The van der Waals surface area contributed by atoms with Gasteiger partial charge in [0.2, 0.25) is 5.91 Å². The zero-order valence-corrected chi connectivity index (χ0v) is 20.4. The van der Waals surface area contributed by atoms with Gasteiger partial charge in [-0.05, 0) is 60.3 Å². The van der Waals surface area contributed by atoms with Gasteiger partial charge in [-0.2, -0.15) is 0 Å². The van der Waals surface area contributed by atoms with Crippen LogP contribution in [0.15, 0.2) is 63.9 Å². The Labute approximate surface area is 213 Å². The number of ether oxygens (including phenoxy) is 1. The molecule has 1 fully saturated rings. The van der Waals surface area contributed by atoms with Crippen molar-refractivity contribution in [3.05, 3.63) is 80.9 Å². The molecule has 2 heterocycles. The summed E-state index contributed by atoms with van der Waals surface area (Å²) in [4.78, 5) is 50.3. The van der Waals surface area contributed by atoms with E-state index in [1.54, 1.807) is 48.5 Å². The lowest BCUT2D eigenvalue weighted by Crippen LogP contribution is -2.36. The molecule has 4 rings (SSSR count). The van der Waals surface area contributed by atoms with E-state index in [0.29, 0.717) is 39.6 Å². The number of esters is 1. The number of imide groups is 1. The molecule has 0 saturated carbocycles. The van der Waals surface area contributed by atoms with E-state index in [-0.39, 0.29) is 15.5 Å². The van der Waals surface area contributed by atoms with Crippen LogP contribution in [0.2, 0.25) is 10.0 Å². The molecule has 0 radical (unpaired) electrons. The van der Waals surface area contributed by atoms with E-state index in [4.69, 9.17) is 32.4 Å². The Bertz CT molecular complexity index is 1380. The number of methoxy groups -OCH3 is 1. The number of halogens is 2. The number of furan rings is 1. The van der Waals surface area contributed by atoms with E-state index >= 15 is 0 Å². The molecule has 3 amide bonds. The highest BCUT2D eigenvalue weighted by Crippen LogP contribution is 2.34. The molecule has 178 valence electrons. The molecule has 1 aliphatic heterocycles. The predicted octanol–water partition coefficient (Wildman–Crippen LogP) is 5.72. The van der Waals surface area contributed by atoms with Gasteiger partial charge in [-0.25, -0.2) is 4.79 Å². The highest BCUT2D eigenvalue weighted by atomic mass is 35.5. The van der Waals surface area contributed by atoms with Gasteiger partial charge in [0.05, 0.1) is 22.6 Å². The van der Waals surface area contributed by atoms with Crippen LogP contribution < -0.4 is 5.32 Å². The number of anilines is 1. The van der Waals surface area contributed by atoms with Crippen LogP contribution in [0.5, 0.6) is 0 Å². The van der Waals surface area contributed by atoms with Crippen LogP contribution in [0.1, 0.15) is 16.1 Å². The second-order valence-corrected chi connectivity index (χ2v) is 9.05. The lowest BCUT2D eigenvalue weighted by Gasteiger charge is -2.12. The van der Waals surface area contributed by atoms with Crippen molar-refractivity contribution < 1.29 is 28.3 Å². The van der Waals surface area contributed by atoms with Crippen LogP contribution in [-0.4, -0.2) is 41.6 Å². The largest absolute Gasteiger partial charge is 0.465 e. The van der Waals surface area contributed by atoms with Crippen molar-refractivity contribution in [3.63, 3.8) is 0 Å². The maximum atomic E-state index is 12.7. The van der Waals surface area contributed by atoms with Crippen LogP contribution in [0.4, 0.5) is 10.5 Å². The Kier molecular flexibility index (Phi) is 7.30. The molecule has 8 nitrogen and oxygen atoms in total. The van der Waals surface area contributed by atoms with Crippen LogP contribution in [0.3, 0.4) is 0 Å². The molecule has 35 heavy (non-hydrogen) atoms. The molecule has 0 bridgehead atoms. The van der Waals surface area contributed by atoms with Crippen molar-refractivity contribution >= 4 is 69.8 Å². The van der Waals surface area contributed by atoms with Gasteiger partial charge in [-0.15, -0.1) is 0 Å². The number of amides is 3. The lowest BCUT2D eigenvalue weighted by molar-refractivity contribution is -0.127. The normalized spacial score (nSPS) is 14.5. The molecule has 2 aromatic carbocycles. The molecule has 1 aliphatic rings. The molecule has 0 atom stereocenters. The summed E-state index contributed by atoms with van der Waals surface area (Å²) in [6.07, 6.45) is 1.42. The van der Waals surface area contributed by atoms with Crippen LogP contribution in [-0.2, 0) is 14.3 Å². The van der Waals surface area contributed by atoms with E-state index in [9.17, 15) is 19.2 Å². The Morgan fingerprint density at radius 1 is 1.11 bits per heavy atom. The third-order valence-corrected chi connectivity index (χ3v) is 6.31. The van der Waals surface area contributed by atoms with Gasteiger partial charge in [-0.1, -0.05) is 29.3 Å². The average molecular weight is 531 g/mol. The first-order valence-electron chi connectivity index (χ1n) is 10.0. The summed E-state index contributed by atoms with van der Waals surface area (Å²) in [5, 5.41) is 2.70. The minimum absolute atomic E-state index is 0.109. The molecule has 0 spiro atoms. The zero-order valence-electron chi connectivity index (χ0n) is 18.0. The molecule has 0 unspecified atom stereocenters. The smallest absolute Gasteiger partial charge is 0.339 e.